The SMILES string of the molecule is COc1cc(CNC(=O)[C@]2(Cc3ccccc3N=[N+]=[N-])N=C(c3ccc(OCCCO)cc3)O[C@@H]2C)cc(OC)c1OC. The fourth-order valence-corrected chi connectivity index (χ4v) is 4.81. The Bertz CT molecular complexity index is 1480. The first-order valence-electron chi connectivity index (χ1n) is 13.7. The zero-order valence-electron chi connectivity index (χ0n) is 24.6. The van der Waals surface area contributed by atoms with Gasteiger partial charge in [0, 0.05) is 42.2 Å². The summed E-state index contributed by atoms with van der Waals surface area (Å²) in [5.41, 5.74) is 10.2. The first-order valence-corrected chi connectivity index (χ1v) is 13.7. The molecule has 1 aliphatic rings. The minimum Gasteiger partial charge on any atom is -0.494 e. The van der Waals surface area contributed by atoms with Crippen LogP contribution >= 0.6 is 0 Å². The van der Waals surface area contributed by atoms with E-state index in [2.05, 4.69) is 15.3 Å². The summed E-state index contributed by atoms with van der Waals surface area (Å²) in [4.78, 5) is 21.9. The largest absolute Gasteiger partial charge is 0.494 e. The number of aliphatic imine (C=N–C) groups is 1. The van der Waals surface area contributed by atoms with Gasteiger partial charge in [-0.25, -0.2) is 4.99 Å². The number of carbonyl (C=O) groups is 1. The summed E-state index contributed by atoms with van der Waals surface area (Å²) < 4.78 is 28.2. The molecule has 43 heavy (non-hydrogen) atoms. The number of ether oxygens (including phenoxy) is 5. The van der Waals surface area contributed by atoms with Crippen molar-refractivity contribution < 1.29 is 33.6 Å². The van der Waals surface area contributed by atoms with E-state index in [0.29, 0.717) is 58.7 Å². The Balaban J connectivity index is 1.68. The predicted octanol–water partition coefficient (Wildman–Crippen LogP) is 4.88. The molecule has 0 aliphatic carbocycles. The Kier molecular flexibility index (Phi) is 10.3. The number of nitrogens with one attached hydrogen (secondary N) is 1. The van der Waals surface area contributed by atoms with E-state index in [4.69, 9.17) is 39.3 Å². The zero-order chi connectivity index (χ0) is 30.8. The van der Waals surface area contributed by atoms with E-state index in [1.165, 1.54) is 21.3 Å². The number of hydrogen-bond donors (Lipinski definition) is 2. The molecule has 12 heteroatoms. The molecular weight excluding hydrogens is 554 g/mol. The third kappa shape index (κ3) is 6.94. The minimum absolute atomic E-state index is 0.0487. The van der Waals surface area contributed by atoms with E-state index in [0.717, 1.165) is 5.56 Å². The lowest BCUT2D eigenvalue weighted by molar-refractivity contribution is -0.128. The van der Waals surface area contributed by atoms with E-state index in [9.17, 15) is 4.79 Å². The van der Waals surface area contributed by atoms with Gasteiger partial charge in [-0.3, -0.25) is 4.79 Å². The number of amides is 1. The minimum atomic E-state index is -1.38. The second-order valence-electron chi connectivity index (χ2n) is 9.76. The van der Waals surface area contributed by atoms with Crippen LogP contribution in [0.2, 0.25) is 0 Å². The smallest absolute Gasteiger partial charge is 0.252 e. The van der Waals surface area contributed by atoms with E-state index < -0.39 is 11.6 Å². The molecule has 0 spiro atoms. The molecule has 1 aliphatic heterocycles. The van der Waals surface area contributed by atoms with Crippen molar-refractivity contribution in [3.63, 3.8) is 0 Å². The maximum atomic E-state index is 14.1. The van der Waals surface area contributed by atoms with Crippen LogP contribution in [0.4, 0.5) is 5.69 Å². The molecule has 2 N–H and O–H groups in total. The summed E-state index contributed by atoms with van der Waals surface area (Å²) in [7, 11) is 4.57. The molecule has 1 heterocycles. The highest BCUT2D eigenvalue weighted by Crippen LogP contribution is 2.39. The Morgan fingerprint density at radius 3 is 2.42 bits per heavy atom. The van der Waals surface area contributed by atoms with Gasteiger partial charge in [0.25, 0.3) is 5.91 Å². The monoisotopic (exact) mass is 589 g/mol. The summed E-state index contributed by atoms with van der Waals surface area (Å²) >= 11 is 0. The van der Waals surface area contributed by atoms with Gasteiger partial charge < -0.3 is 34.1 Å². The lowest BCUT2D eigenvalue weighted by atomic mass is 9.85. The lowest BCUT2D eigenvalue weighted by Gasteiger charge is -2.29. The van der Waals surface area contributed by atoms with Gasteiger partial charge in [-0.2, -0.15) is 0 Å². The molecule has 1 amide bonds. The second-order valence-corrected chi connectivity index (χ2v) is 9.76. The molecule has 12 nitrogen and oxygen atoms in total. The van der Waals surface area contributed by atoms with Gasteiger partial charge in [0.1, 0.15) is 11.9 Å². The highest BCUT2D eigenvalue weighted by molar-refractivity contribution is 6.01. The van der Waals surface area contributed by atoms with Crippen LogP contribution in [0.3, 0.4) is 0 Å². The van der Waals surface area contributed by atoms with E-state index in [-0.39, 0.29) is 25.5 Å². The average Bonchev–Trinajstić information content (AvgIpc) is 3.37. The first kappa shape index (κ1) is 31.0. The lowest BCUT2D eigenvalue weighted by Crippen LogP contribution is -2.52. The molecular formula is C31H35N5O7. The highest BCUT2D eigenvalue weighted by Gasteiger charge is 2.50. The van der Waals surface area contributed by atoms with Crippen LogP contribution in [0.15, 0.2) is 70.8 Å². The normalized spacial score (nSPS) is 17.2. The summed E-state index contributed by atoms with van der Waals surface area (Å²) in [6.07, 6.45) is -0.0155. The Hall–Kier alpha value is -4.93. The Morgan fingerprint density at radius 2 is 1.79 bits per heavy atom. The average molecular weight is 590 g/mol. The van der Waals surface area contributed by atoms with Gasteiger partial charge in [-0.15, -0.1) is 0 Å². The van der Waals surface area contributed by atoms with Gasteiger partial charge in [0.05, 0.1) is 27.9 Å². The van der Waals surface area contributed by atoms with Crippen LogP contribution in [0.25, 0.3) is 10.4 Å². The number of rotatable bonds is 14. The molecule has 226 valence electrons. The van der Waals surface area contributed by atoms with Crippen molar-refractivity contribution in [1.29, 1.82) is 0 Å². The molecule has 0 radical (unpaired) electrons. The maximum Gasteiger partial charge on any atom is 0.252 e. The summed E-state index contributed by atoms with van der Waals surface area (Å²) in [5.74, 6) is 1.95. The van der Waals surface area contributed by atoms with Crippen LogP contribution in [-0.4, -0.2) is 63.1 Å². The molecule has 3 aromatic carbocycles. The van der Waals surface area contributed by atoms with Crippen molar-refractivity contribution >= 4 is 17.5 Å². The number of carbonyl (C=O) groups excluding carboxylic acids is 1. The summed E-state index contributed by atoms with van der Waals surface area (Å²) in [6.45, 7) is 2.38. The molecule has 0 aromatic heterocycles. The molecule has 4 rings (SSSR count). The highest BCUT2D eigenvalue weighted by atomic mass is 16.5. The number of aliphatic hydroxyl groups is 1. The van der Waals surface area contributed by atoms with Gasteiger partial charge in [0.15, 0.2) is 17.0 Å². The number of azide groups is 1. The van der Waals surface area contributed by atoms with Crippen molar-refractivity contribution in [2.24, 2.45) is 10.1 Å². The van der Waals surface area contributed by atoms with E-state index in [1.807, 2.05) is 6.07 Å². The van der Waals surface area contributed by atoms with Crippen molar-refractivity contribution in [2.75, 3.05) is 34.5 Å². The second kappa shape index (κ2) is 14.3. The Morgan fingerprint density at radius 1 is 1.09 bits per heavy atom. The quantitative estimate of drug-likeness (QED) is 0.117. The van der Waals surface area contributed by atoms with Crippen LogP contribution in [0.5, 0.6) is 23.0 Å². The fourth-order valence-electron chi connectivity index (χ4n) is 4.81. The molecule has 0 bridgehead atoms. The van der Waals surface area contributed by atoms with Crippen LogP contribution in [0.1, 0.15) is 30.0 Å². The third-order valence-corrected chi connectivity index (χ3v) is 7.11. The van der Waals surface area contributed by atoms with Gasteiger partial charge in [0.2, 0.25) is 11.6 Å². The standard InChI is InChI=1S/C31H35N5O7/c1-20-31(18-23-8-5-6-9-25(23)35-36-32,34-29(43-20)22-10-12-24(13-11-22)42-15-7-14-37)30(38)33-19-21-16-26(39-2)28(41-4)27(17-21)40-3/h5-6,8-13,16-17,20,37H,7,14-15,18-19H2,1-4H3,(H,33,38)/t20-,31-/m1/s1. The topological polar surface area (TPSA) is 157 Å². The van der Waals surface area contributed by atoms with Crippen molar-refractivity contribution in [2.45, 2.75) is 38.0 Å². The van der Waals surface area contributed by atoms with Gasteiger partial charge in [-0.05, 0) is 60.0 Å². The van der Waals surface area contributed by atoms with Crippen LogP contribution in [-0.2, 0) is 22.5 Å². The first-order chi connectivity index (χ1) is 20.9. The predicted molar refractivity (Wildman–Crippen MR) is 160 cm³/mol. The molecule has 3 aromatic rings. The number of nitrogens with zero attached hydrogens (tertiary/aromatic N) is 4. The van der Waals surface area contributed by atoms with Crippen molar-refractivity contribution in [3.05, 3.63) is 87.8 Å². The maximum absolute atomic E-state index is 14.1. The van der Waals surface area contributed by atoms with Crippen molar-refractivity contribution in [1.82, 2.24) is 5.32 Å². The zero-order valence-corrected chi connectivity index (χ0v) is 24.6. The van der Waals surface area contributed by atoms with E-state index >= 15 is 0 Å². The van der Waals surface area contributed by atoms with Crippen LogP contribution in [0, 0.1) is 0 Å². The summed E-state index contributed by atoms with van der Waals surface area (Å²) in [5, 5.41) is 15.8. The number of methoxy groups -OCH3 is 3. The van der Waals surface area contributed by atoms with Crippen molar-refractivity contribution in [3.8, 4) is 23.0 Å². The number of benzene rings is 3. The Labute approximate surface area is 249 Å². The van der Waals surface area contributed by atoms with Gasteiger partial charge in [-0.1, -0.05) is 29.4 Å². The molecule has 0 unspecified atom stereocenters. The fraction of sp³-hybridized carbons (Fsp3) is 0.355. The molecule has 2 atom stereocenters. The summed E-state index contributed by atoms with van der Waals surface area (Å²) in [6, 6.07) is 17.8. The number of hydrogen-bond acceptors (Lipinski definition) is 9. The van der Waals surface area contributed by atoms with Gasteiger partial charge >= 0.3 is 0 Å². The molecule has 0 fully saturated rings. The number of aliphatic hydroxyl groups excluding tert-OH is 1. The molecule has 0 saturated heterocycles. The molecule has 0 saturated carbocycles. The van der Waals surface area contributed by atoms with Crippen LogP contribution < -0.4 is 24.3 Å². The van der Waals surface area contributed by atoms with E-state index in [1.54, 1.807) is 61.5 Å². The third-order valence-electron chi connectivity index (χ3n) is 7.11.